The molecule has 2 aromatic rings. The largest absolute Gasteiger partial charge is 1.00 e. The number of nitrogens with zero attached hydrogens (tertiary/aromatic N) is 2. The zero-order valence-electron chi connectivity index (χ0n) is 17.2. The molecule has 0 amide bonds. The Morgan fingerprint density at radius 3 is 1.46 bits per heavy atom. The van der Waals surface area contributed by atoms with Crippen LogP contribution in [0.1, 0.15) is 22.3 Å². The van der Waals surface area contributed by atoms with E-state index < -0.39 is 0 Å². The van der Waals surface area contributed by atoms with Crippen molar-refractivity contribution in [2.75, 3.05) is 21.1 Å². The van der Waals surface area contributed by atoms with Gasteiger partial charge >= 0.3 is 0 Å². The monoisotopic (exact) mass is 394 g/mol. The Kier molecular flexibility index (Phi) is 14.9. The Hall–Kier alpha value is -2.86. The van der Waals surface area contributed by atoms with E-state index in [0.717, 1.165) is 22.2 Å². The molecule has 0 aliphatic heterocycles. The van der Waals surface area contributed by atoms with Crippen LogP contribution < -0.4 is 12.4 Å². The van der Waals surface area contributed by atoms with E-state index in [9.17, 15) is 0 Å². The van der Waals surface area contributed by atoms with Crippen LogP contribution in [0.5, 0.6) is 0 Å². The van der Waals surface area contributed by atoms with Crippen LogP contribution in [0, 0.1) is 11.3 Å². The molecule has 0 unspecified atom stereocenters. The minimum Gasteiger partial charge on any atom is -1.00 e. The van der Waals surface area contributed by atoms with Crippen LogP contribution in [0.25, 0.3) is 18.2 Å². The Bertz CT molecular complexity index is 766. The fourth-order valence-electron chi connectivity index (χ4n) is 2.27. The zero-order valence-corrected chi connectivity index (χ0v) is 18.0. The fourth-order valence-corrected chi connectivity index (χ4v) is 2.27. The van der Waals surface area contributed by atoms with Gasteiger partial charge in [0.25, 0.3) is 0 Å². The van der Waals surface area contributed by atoms with E-state index in [1.165, 1.54) is 17.2 Å². The quantitative estimate of drug-likeness (QED) is 0.564. The van der Waals surface area contributed by atoms with Gasteiger partial charge in [0.15, 0.2) is 0 Å². The maximum absolute atomic E-state index is 7.51. The van der Waals surface area contributed by atoms with Crippen molar-refractivity contribution in [3.05, 3.63) is 103 Å². The summed E-state index contributed by atoms with van der Waals surface area (Å²) >= 11 is 0. The highest BCUT2D eigenvalue weighted by Gasteiger charge is 2.09. The van der Waals surface area contributed by atoms with E-state index in [-0.39, 0.29) is 12.4 Å². The van der Waals surface area contributed by atoms with Crippen molar-refractivity contribution in [2.24, 2.45) is 0 Å². The lowest BCUT2D eigenvalue weighted by Crippen LogP contribution is -3.00. The summed E-state index contributed by atoms with van der Waals surface area (Å²) in [6, 6.07) is 18.1. The van der Waals surface area contributed by atoms with Gasteiger partial charge in [-0.3, -0.25) is 0 Å². The third-order valence-corrected chi connectivity index (χ3v) is 3.45. The molecule has 0 aliphatic rings. The van der Waals surface area contributed by atoms with Crippen molar-refractivity contribution >= 4 is 18.2 Å². The molecule has 2 rings (SSSR count). The van der Waals surface area contributed by atoms with Crippen molar-refractivity contribution in [3.8, 4) is 6.07 Å². The minimum atomic E-state index is 0. The molecule has 0 aliphatic carbocycles. The normalized spacial score (nSPS) is 8.93. The van der Waals surface area contributed by atoms with Crippen molar-refractivity contribution in [3.63, 3.8) is 0 Å². The second-order valence-corrected chi connectivity index (χ2v) is 6.72. The van der Waals surface area contributed by atoms with Gasteiger partial charge in [-0.25, -0.2) is 0 Å². The van der Waals surface area contributed by atoms with Crippen LogP contribution in [-0.2, 0) is 6.54 Å². The fraction of sp³-hybridized carbons (Fsp3) is 0.160. The molecule has 0 fully saturated rings. The van der Waals surface area contributed by atoms with Gasteiger partial charge in [-0.05, 0) is 16.7 Å². The van der Waals surface area contributed by atoms with Gasteiger partial charge in [0, 0.05) is 11.6 Å². The topological polar surface area (TPSA) is 23.8 Å². The highest BCUT2D eigenvalue weighted by molar-refractivity contribution is 5.63. The molecule has 148 valence electrons. The molecule has 0 radical (unpaired) electrons. The molecule has 2 aromatic carbocycles. The average Bonchev–Trinajstić information content (AvgIpc) is 2.67. The Labute approximate surface area is 177 Å². The van der Waals surface area contributed by atoms with E-state index in [1.54, 1.807) is 6.07 Å². The molecule has 2 nitrogen and oxygen atoms in total. The Morgan fingerprint density at radius 2 is 1.14 bits per heavy atom. The summed E-state index contributed by atoms with van der Waals surface area (Å²) in [6.45, 7) is 15.4. The van der Waals surface area contributed by atoms with Crippen LogP contribution in [0.3, 0.4) is 0 Å². The van der Waals surface area contributed by atoms with E-state index in [0.29, 0.717) is 0 Å². The molecule has 0 spiro atoms. The lowest BCUT2D eigenvalue weighted by Gasteiger charge is -2.24. The maximum Gasteiger partial charge on any atom is 0.104 e. The van der Waals surface area contributed by atoms with Crippen LogP contribution in [0.2, 0.25) is 0 Å². The molecule has 0 heterocycles. The van der Waals surface area contributed by atoms with E-state index >= 15 is 0 Å². The number of hydrogen-bond acceptors (Lipinski definition) is 1. The predicted molar refractivity (Wildman–Crippen MR) is 121 cm³/mol. The summed E-state index contributed by atoms with van der Waals surface area (Å²) in [5, 5.41) is 7.51. The highest BCUT2D eigenvalue weighted by atomic mass is 35.5. The first kappa shape index (κ1) is 27.4. The second kappa shape index (κ2) is 15.2. The molecular formula is C25H31ClN2. The van der Waals surface area contributed by atoms with Crippen LogP contribution in [-0.4, -0.2) is 25.6 Å². The number of quaternary nitrogens is 1. The molecule has 0 aromatic heterocycles. The van der Waals surface area contributed by atoms with Crippen molar-refractivity contribution in [1.29, 1.82) is 5.26 Å². The van der Waals surface area contributed by atoms with Gasteiger partial charge in [-0.2, -0.15) is 5.26 Å². The number of allylic oxidation sites excluding steroid dienone is 1. The Balaban J connectivity index is 0. The highest BCUT2D eigenvalue weighted by Crippen LogP contribution is 2.13. The van der Waals surface area contributed by atoms with Crippen LogP contribution >= 0.6 is 0 Å². The Morgan fingerprint density at radius 1 is 0.786 bits per heavy atom. The first-order valence-electron chi connectivity index (χ1n) is 8.68. The zero-order chi connectivity index (χ0) is 20.7. The number of nitriles is 1. The molecular weight excluding hydrogens is 364 g/mol. The van der Waals surface area contributed by atoms with Crippen LogP contribution in [0.15, 0.2) is 80.9 Å². The summed E-state index contributed by atoms with van der Waals surface area (Å²) in [5.41, 5.74) is 4.88. The van der Waals surface area contributed by atoms with Gasteiger partial charge in [0.2, 0.25) is 0 Å². The van der Waals surface area contributed by atoms with Gasteiger partial charge in [0.05, 0.1) is 27.2 Å². The molecule has 0 atom stereocenters. The van der Waals surface area contributed by atoms with Crippen LogP contribution in [0.4, 0.5) is 0 Å². The summed E-state index contributed by atoms with van der Waals surface area (Å²) in [5.74, 6) is 0. The smallest absolute Gasteiger partial charge is 0.104 e. The van der Waals surface area contributed by atoms with Crippen molar-refractivity contribution in [2.45, 2.75) is 6.54 Å². The molecule has 0 N–H and O–H groups in total. The predicted octanol–water partition coefficient (Wildman–Crippen LogP) is 3.21. The molecule has 0 saturated carbocycles. The first-order chi connectivity index (χ1) is 12.8. The maximum atomic E-state index is 7.51. The molecule has 0 bridgehead atoms. The van der Waals surface area contributed by atoms with Gasteiger partial charge < -0.3 is 16.9 Å². The molecule has 3 heteroatoms. The molecule has 28 heavy (non-hydrogen) atoms. The standard InChI is InChI=1S/C12H18N.C10H10.C3H3N.ClH/c1-5-11-8-6-7-9-12(11)10-13(2,3)4;1-3-9-7-5-6-8-10(9)4-2;1-2-3-4;/h5-9H,1,10H2,2-4H3;3-8H,1-2H2;2H,1H2;1H/q+1;;;/p-1. The van der Waals surface area contributed by atoms with Gasteiger partial charge in [-0.1, -0.05) is 93.1 Å². The molecule has 0 saturated heterocycles. The van der Waals surface area contributed by atoms with Crippen molar-refractivity contribution < 1.29 is 16.9 Å². The lowest BCUT2D eigenvalue weighted by molar-refractivity contribution is -0.884. The average molecular weight is 395 g/mol. The minimum absolute atomic E-state index is 0. The number of benzene rings is 2. The third kappa shape index (κ3) is 11.7. The second-order valence-electron chi connectivity index (χ2n) is 6.72. The number of rotatable bonds is 5. The summed E-state index contributed by atoms with van der Waals surface area (Å²) in [7, 11) is 6.58. The number of hydrogen-bond donors (Lipinski definition) is 0. The summed E-state index contributed by atoms with van der Waals surface area (Å²) in [6.07, 6.45) is 6.76. The van der Waals surface area contributed by atoms with E-state index in [1.807, 2.05) is 42.5 Å². The van der Waals surface area contributed by atoms with Gasteiger partial charge in [0.1, 0.15) is 6.54 Å². The lowest BCUT2D eigenvalue weighted by atomic mass is 10.1. The van der Waals surface area contributed by atoms with E-state index in [4.69, 9.17) is 5.26 Å². The first-order valence-corrected chi connectivity index (χ1v) is 8.68. The third-order valence-electron chi connectivity index (χ3n) is 3.45. The number of halogens is 1. The summed E-state index contributed by atoms with van der Waals surface area (Å²) in [4.78, 5) is 0. The van der Waals surface area contributed by atoms with E-state index in [2.05, 4.69) is 71.7 Å². The SMILES string of the molecule is C=CC#N.C=Cc1ccccc1C=C.C=Cc1ccccc1C[N+](C)(C)C.[Cl-]. The van der Waals surface area contributed by atoms with Gasteiger partial charge in [-0.15, -0.1) is 0 Å². The van der Waals surface area contributed by atoms with Crippen molar-refractivity contribution in [1.82, 2.24) is 0 Å². The summed E-state index contributed by atoms with van der Waals surface area (Å²) < 4.78 is 0.949.